The first-order valence-corrected chi connectivity index (χ1v) is 9.76. The monoisotopic (exact) mass is 465 g/mol. The van der Waals surface area contributed by atoms with Crippen molar-refractivity contribution < 1.29 is 33.5 Å². The zero-order valence-electron chi connectivity index (χ0n) is 20.3. The molecule has 2 aromatic carbocycles. The SMILES string of the molecule is [2H]C1C[C@]([2H])(N2Cc3cc(C([2H])N([2H])C(=O)C(F)(F)c4ccc(Cl)cc4)ccc3C2=O)C(=O)NC1=O. The normalized spacial score (nSPS) is 25.8. The molecule has 4 rings (SSSR count). The number of nitrogens with zero attached hydrogens (tertiary/aromatic N) is 1. The summed E-state index contributed by atoms with van der Waals surface area (Å²) in [6, 6.07) is 5.70. The zero-order chi connectivity index (χ0) is 26.6. The van der Waals surface area contributed by atoms with E-state index in [1.807, 2.05) is 5.32 Å². The number of fused-ring (bicyclic) bond motifs is 1. The van der Waals surface area contributed by atoms with Gasteiger partial charge in [-0.15, -0.1) is 0 Å². The zero-order valence-corrected chi connectivity index (χ0v) is 17.0. The van der Waals surface area contributed by atoms with Crippen LogP contribution >= 0.6 is 11.6 Å². The number of carbonyl (C=O) groups excluding carboxylic acids is 4. The summed E-state index contributed by atoms with van der Waals surface area (Å²) in [4.78, 5) is 50.1. The molecule has 1 fully saturated rings. The van der Waals surface area contributed by atoms with Gasteiger partial charge in [0.1, 0.15) is 6.02 Å². The Hall–Kier alpha value is -3.33. The molecule has 0 aliphatic carbocycles. The van der Waals surface area contributed by atoms with E-state index in [2.05, 4.69) is 0 Å². The molecule has 2 unspecified atom stereocenters. The molecule has 0 radical (unpaired) electrons. The fourth-order valence-corrected chi connectivity index (χ4v) is 3.51. The molecule has 2 heterocycles. The van der Waals surface area contributed by atoms with Gasteiger partial charge >= 0.3 is 5.92 Å². The van der Waals surface area contributed by atoms with Gasteiger partial charge in [0.05, 0.1) is 2.74 Å². The molecule has 0 aromatic heterocycles. The highest BCUT2D eigenvalue weighted by Crippen LogP contribution is 2.30. The maximum atomic E-state index is 14.7. The van der Waals surface area contributed by atoms with E-state index in [1.54, 1.807) is 0 Å². The second-order valence-electron chi connectivity index (χ2n) is 7.13. The number of alkyl halides is 2. The molecule has 2 aliphatic rings. The first kappa shape index (κ1) is 17.3. The van der Waals surface area contributed by atoms with Gasteiger partial charge in [-0.05, 0) is 35.7 Å². The lowest BCUT2D eigenvalue weighted by molar-refractivity contribution is -0.147. The highest BCUT2D eigenvalue weighted by molar-refractivity contribution is 6.30. The Morgan fingerprint density at radius 1 is 1.31 bits per heavy atom. The van der Waals surface area contributed by atoms with E-state index in [0.29, 0.717) is 0 Å². The number of piperidine rings is 1. The second kappa shape index (κ2) is 8.31. The third kappa shape index (κ3) is 4.08. The Morgan fingerprint density at radius 2 is 2.03 bits per heavy atom. The molecule has 3 atom stereocenters. The van der Waals surface area contributed by atoms with Crippen LogP contribution in [0.1, 0.15) is 44.0 Å². The summed E-state index contributed by atoms with van der Waals surface area (Å²) in [5.74, 6) is -8.70. The fourth-order valence-electron chi connectivity index (χ4n) is 3.39. The van der Waals surface area contributed by atoms with Crippen molar-refractivity contribution in [2.45, 2.75) is 37.8 Å². The van der Waals surface area contributed by atoms with E-state index < -0.39 is 60.5 Å². The van der Waals surface area contributed by atoms with Gasteiger partial charge in [0.15, 0.2) is 1.41 Å². The number of rotatable bonds is 5. The van der Waals surface area contributed by atoms with Crippen molar-refractivity contribution in [3.8, 4) is 0 Å². The molecule has 1 saturated heterocycles. The van der Waals surface area contributed by atoms with Gasteiger partial charge in [-0.1, -0.05) is 35.9 Å². The van der Waals surface area contributed by atoms with Crippen LogP contribution in [0.2, 0.25) is 6.43 Å². The van der Waals surface area contributed by atoms with Crippen LogP contribution < -0.4 is 10.6 Å². The fraction of sp³-hybridized carbons (Fsp3) is 0.273. The number of hydrogen-bond donors (Lipinski definition) is 2. The van der Waals surface area contributed by atoms with Crippen LogP contribution in [-0.4, -0.2) is 34.5 Å². The topological polar surface area (TPSA) is 95.6 Å². The summed E-state index contributed by atoms with van der Waals surface area (Å²) in [5.41, 5.74) is -0.454. The standard InChI is InChI=1S/C22H18ClF2N3O4/c23-15-4-2-14(3-5-15)22(24,25)21(32)26-10-12-1-6-16-13(9-12)11-28(20(16)31)17-7-8-18(29)27-19(17)30/h1-6,9,17H,7-8,10-11H2,(H,26,32)(H,27,29,30)/t17-/m0/s1/i8D,10D,17D/hD/t8?,10?,17-. The first-order chi connectivity index (χ1) is 16.8. The van der Waals surface area contributed by atoms with Crippen molar-refractivity contribution in [1.82, 2.24) is 15.5 Å². The lowest BCUT2D eigenvalue weighted by atomic mass is 10.0. The van der Waals surface area contributed by atoms with Gasteiger partial charge in [0, 0.05) is 37.0 Å². The molecule has 0 saturated carbocycles. The molecule has 166 valence electrons. The average Bonchev–Trinajstić information content (AvgIpc) is 3.18. The van der Waals surface area contributed by atoms with Crippen molar-refractivity contribution in [3.05, 3.63) is 69.7 Å². The Labute approximate surface area is 192 Å². The Morgan fingerprint density at radius 3 is 2.75 bits per heavy atom. The summed E-state index contributed by atoms with van der Waals surface area (Å²) < 4.78 is 61.7. The minimum absolute atomic E-state index is 0.0562. The maximum absolute atomic E-state index is 14.7. The maximum Gasteiger partial charge on any atom is 0.349 e. The first-order valence-electron chi connectivity index (χ1n) is 11.5. The van der Waals surface area contributed by atoms with Crippen LogP contribution in [-0.2, 0) is 33.4 Å². The van der Waals surface area contributed by atoms with Gasteiger partial charge in [-0.25, -0.2) is 0 Å². The van der Waals surface area contributed by atoms with Crippen LogP contribution in [0.4, 0.5) is 8.78 Å². The van der Waals surface area contributed by atoms with Crippen molar-refractivity contribution >= 4 is 35.2 Å². The van der Waals surface area contributed by atoms with E-state index in [1.165, 1.54) is 18.2 Å². The summed E-state index contributed by atoms with van der Waals surface area (Å²) in [6.07, 6.45) is -1.98. The predicted molar refractivity (Wildman–Crippen MR) is 110 cm³/mol. The molecular weight excluding hydrogens is 444 g/mol. The third-order valence-corrected chi connectivity index (χ3v) is 5.30. The quantitative estimate of drug-likeness (QED) is 0.663. The van der Waals surface area contributed by atoms with E-state index in [0.717, 1.165) is 29.2 Å². The Balaban J connectivity index is 1.56. The number of amides is 4. The number of nitrogens with one attached hydrogen (secondary N) is 2. The third-order valence-electron chi connectivity index (χ3n) is 5.05. The lowest BCUT2D eigenvalue weighted by Crippen LogP contribution is -2.52. The summed E-state index contributed by atoms with van der Waals surface area (Å²) in [6.45, 7) is -2.18. The molecule has 10 heteroatoms. The number of benzene rings is 2. The summed E-state index contributed by atoms with van der Waals surface area (Å²) >= 11 is 5.69. The molecule has 0 spiro atoms. The molecule has 2 N–H and O–H groups in total. The Bertz CT molecular complexity index is 1280. The number of imide groups is 1. The highest BCUT2D eigenvalue weighted by atomic mass is 35.5. The Kier molecular flexibility index (Phi) is 4.48. The second-order valence-corrected chi connectivity index (χ2v) is 7.56. The van der Waals surface area contributed by atoms with Crippen molar-refractivity contribution in [2.75, 3.05) is 0 Å². The van der Waals surface area contributed by atoms with E-state index in [9.17, 15) is 28.0 Å². The van der Waals surface area contributed by atoms with Gasteiger partial charge in [-0.3, -0.25) is 24.5 Å². The molecule has 2 aromatic rings. The molecule has 4 amide bonds. The smallest absolute Gasteiger partial charge is 0.346 e. The van der Waals surface area contributed by atoms with Crippen LogP contribution in [0.5, 0.6) is 0 Å². The minimum Gasteiger partial charge on any atom is -0.346 e. The van der Waals surface area contributed by atoms with Crippen LogP contribution in [0.3, 0.4) is 0 Å². The number of carbonyl (C=O) groups is 4. The van der Waals surface area contributed by atoms with Crippen molar-refractivity contribution in [1.29, 1.82) is 0 Å². The van der Waals surface area contributed by atoms with Crippen molar-refractivity contribution in [3.63, 3.8) is 0 Å². The van der Waals surface area contributed by atoms with Crippen molar-refractivity contribution in [2.24, 2.45) is 0 Å². The largest absolute Gasteiger partial charge is 0.349 e. The van der Waals surface area contributed by atoms with Gasteiger partial charge in [-0.2, -0.15) is 8.78 Å². The van der Waals surface area contributed by atoms with Gasteiger partial charge < -0.3 is 10.2 Å². The molecule has 32 heavy (non-hydrogen) atoms. The predicted octanol–water partition coefficient (Wildman–Crippen LogP) is 2.51. The van der Waals surface area contributed by atoms with E-state index in [4.69, 9.17) is 17.1 Å². The number of halogens is 3. The number of hydrogen-bond acceptors (Lipinski definition) is 4. The molecule has 2 aliphatic heterocycles. The van der Waals surface area contributed by atoms with E-state index >= 15 is 0 Å². The van der Waals surface area contributed by atoms with Crippen LogP contribution in [0, 0.1) is 0 Å². The molecular formula is C22H18ClF2N3O4. The highest BCUT2D eigenvalue weighted by Gasteiger charge is 2.41. The minimum atomic E-state index is -4.11. The van der Waals surface area contributed by atoms with Crippen LogP contribution in [0.15, 0.2) is 42.5 Å². The molecule has 7 nitrogen and oxygen atoms in total. The van der Waals surface area contributed by atoms with E-state index in [-0.39, 0.29) is 33.6 Å². The van der Waals surface area contributed by atoms with Crippen LogP contribution in [0.25, 0.3) is 0 Å². The molecule has 0 bridgehead atoms. The summed E-state index contributed by atoms with van der Waals surface area (Å²) in [7, 11) is 0. The van der Waals surface area contributed by atoms with Gasteiger partial charge in [0.2, 0.25) is 11.8 Å². The average molecular weight is 466 g/mol. The summed E-state index contributed by atoms with van der Waals surface area (Å²) in [5, 5.41) is 1.90. The lowest BCUT2D eigenvalue weighted by Gasteiger charge is -2.29. The van der Waals surface area contributed by atoms with Gasteiger partial charge in [0.25, 0.3) is 11.8 Å².